The van der Waals surface area contributed by atoms with Gasteiger partial charge >= 0.3 is 0 Å². The third-order valence-corrected chi connectivity index (χ3v) is 3.35. The standard InChI is InChI=1S/C15H9F2NO2/c16-9-4-5-10(12(17)6-9)14-13-8(7-19)2-1-3-11(13)15(20)18-14/h1-7,14H,(H,18,20). The average Bonchev–Trinajstić information content (AvgIpc) is 2.76. The number of aldehydes is 1. The molecule has 1 amide bonds. The molecule has 5 heteroatoms. The normalized spacial score (nSPS) is 16.7. The number of amides is 1. The van der Waals surface area contributed by atoms with Crippen LogP contribution in [0.5, 0.6) is 0 Å². The molecule has 1 heterocycles. The fraction of sp³-hybridized carbons (Fsp3) is 0.0667. The molecular weight excluding hydrogens is 264 g/mol. The molecule has 2 aromatic rings. The van der Waals surface area contributed by atoms with Crippen molar-refractivity contribution >= 4 is 12.2 Å². The van der Waals surface area contributed by atoms with Gasteiger partial charge in [0.25, 0.3) is 5.91 Å². The van der Waals surface area contributed by atoms with E-state index in [1.807, 2.05) is 0 Å². The molecule has 0 saturated heterocycles. The Labute approximate surface area is 113 Å². The third-order valence-electron chi connectivity index (χ3n) is 3.35. The number of carbonyl (C=O) groups excluding carboxylic acids is 2. The first kappa shape index (κ1) is 12.5. The van der Waals surface area contributed by atoms with Crippen LogP contribution in [0.1, 0.15) is 37.9 Å². The number of hydrogen-bond acceptors (Lipinski definition) is 2. The van der Waals surface area contributed by atoms with Gasteiger partial charge in [-0.15, -0.1) is 0 Å². The zero-order chi connectivity index (χ0) is 14.3. The third kappa shape index (κ3) is 1.79. The molecule has 1 N–H and O–H groups in total. The summed E-state index contributed by atoms with van der Waals surface area (Å²) in [5.41, 5.74) is 1.21. The van der Waals surface area contributed by atoms with E-state index in [-0.39, 0.29) is 11.5 Å². The Balaban J connectivity index is 2.20. The summed E-state index contributed by atoms with van der Waals surface area (Å²) in [6.07, 6.45) is 0.619. The molecule has 100 valence electrons. The lowest BCUT2D eigenvalue weighted by atomic mass is 9.94. The Hall–Kier alpha value is -2.56. The van der Waals surface area contributed by atoms with Crippen molar-refractivity contribution < 1.29 is 18.4 Å². The first-order valence-corrected chi connectivity index (χ1v) is 5.95. The van der Waals surface area contributed by atoms with Crippen molar-refractivity contribution in [2.75, 3.05) is 0 Å². The first-order chi connectivity index (χ1) is 9.61. The van der Waals surface area contributed by atoms with Crippen LogP contribution < -0.4 is 5.32 Å². The van der Waals surface area contributed by atoms with Crippen LogP contribution >= 0.6 is 0 Å². The van der Waals surface area contributed by atoms with Crippen LogP contribution in [0.2, 0.25) is 0 Å². The molecule has 0 radical (unpaired) electrons. The second-order valence-corrected chi connectivity index (χ2v) is 4.50. The number of carbonyl (C=O) groups is 2. The predicted octanol–water partition coefficient (Wildman–Crippen LogP) is 2.61. The van der Waals surface area contributed by atoms with Gasteiger partial charge in [-0.1, -0.05) is 18.2 Å². The minimum absolute atomic E-state index is 0.132. The highest BCUT2D eigenvalue weighted by Crippen LogP contribution is 2.34. The maximum Gasteiger partial charge on any atom is 0.252 e. The van der Waals surface area contributed by atoms with Crippen LogP contribution in [-0.2, 0) is 0 Å². The Bertz CT molecular complexity index is 728. The molecule has 1 aliphatic heterocycles. The Kier molecular flexibility index (Phi) is 2.82. The molecule has 0 spiro atoms. The number of fused-ring (bicyclic) bond motifs is 1. The lowest BCUT2D eigenvalue weighted by molar-refractivity contribution is 0.0960. The minimum Gasteiger partial charge on any atom is -0.341 e. The molecule has 2 aromatic carbocycles. The fourth-order valence-electron chi connectivity index (χ4n) is 2.46. The Morgan fingerprint density at radius 1 is 1.15 bits per heavy atom. The summed E-state index contributed by atoms with van der Waals surface area (Å²) < 4.78 is 26.8. The van der Waals surface area contributed by atoms with E-state index in [1.165, 1.54) is 6.07 Å². The van der Waals surface area contributed by atoms with Crippen molar-refractivity contribution in [1.82, 2.24) is 5.32 Å². The van der Waals surface area contributed by atoms with Gasteiger partial charge < -0.3 is 5.32 Å². The van der Waals surface area contributed by atoms with E-state index in [0.29, 0.717) is 23.0 Å². The molecule has 20 heavy (non-hydrogen) atoms. The zero-order valence-corrected chi connectivity index (χ0v) is 10.2. The van der Waals surface area contributed by atoms with E-state index in [1.54, 1.807) is 18.2 Å². The van der Waals surface area contributed by atoms with E-state index in [4.69, 9.17) is 0 Å². The first-order valence-electron chi connectivity index (χ1n) is 5.95. The van der Waals surface area contributed by atoms with E-state index in [2.05, 4.69) is 5.32 Å². The SMILES string of the molecule is O=Cc1cccc2c1C(c1ccc(F)cc1F)NC2=O. The Morgan fingerprint density at radius 3 is 2.65 bits per heavy atom. The van der Waals surface area contributed by atoms with Gasteiger partial charge in [-0.3, -0.25) is 9.59 Å². The minimum atomic E-state index is -0.778. The van der Waals surface area contributed by atoms with Gasteiger partial charge in [0.05, 0.1) is 6.04 Å². The second kappa shape index (κ2) is 4.52. The number of hydrogen-bond donors (Lipinski definition) is 1. The molecule has 0 bridgehead atoms. The van der Waals surface area contributed by atoms with Gasteiger partial charge in [0.1, 0.15) is 17.9 Å². The highest BCUT2D eigenvalue weighted by atomic mass is 19.1. The van der Waals surface area contributed by atoms with Crippen LogP contribution in [0, 0.1) is 11.6 Å². The van der Waals surface area contributed by atoms with Gasteiger partial charge in [-0.05, 0) is 12.1 Å². The van der Waals surface area contributed by atoms with E-state index in [9.17, 15) is 18.4 Å². The van der Waals surface area contributed by atoms with E-state index < -0.39 is 17.7 Å². The van der Waals surface area contributed by atoms with Crippen LogP contribution in [-0.4, -0.2) is 12.2 Å². The fourth-order valence-corrected chi connectivity index (χ4v) is 2.46. The monoisotopic (exact) mass is 273 g/mol. The van der Waals surface area contributed by atoms with Gasteiger partial charge in [-0.2, -0.15) is 0 Å². The molecule has 0 saturated carbocycles. The summed E-state index contributed by atoms with van der Waals surface area (Å²) in [7, 11) is 0. The van der Waals surface area contributed by atoms with Crippen molar-refractivity contribution in [2.24, 2.45) is 0 Å². The van der Waals surface area contributed by atoms with Crippen molar-refractivity contribution in [2.45, 2.75) is 6.04 Å². The Morgan fingerprint density at radius 2 is 1.95 bits per heavy atom. The highest BCUT2D eigenvalue weighted by Gasteiger charge is 2.33. The number of benzene rings is 2. The molecule has 3 nitrogen and oxygen atoms in total. The maximum atomic E-state index is 13.9. The number of halogens is 2. The highest BCUT2D eigenvalue weighted by molar-refractivity contribution is 6.02. The second-order valence-electron chi connectivity index (χ2n) is 4.50. The summed E-state index contributed by atoms with van der Waals surface area (Å²) in [5.74, 6) is -1.83. The molecule has 0 aliphatic carbocycles. The molecular formula is C15H9F2NO2. The van der Waals surface area contributed by atoms with Crippen molar-refractivity contribution in [3.8, 4) is 0 Å². The number of nitrogens with one attached hydrogen (secondary N) is 1. The van der Waals surface area contributed by atoms with Crippen LogP contribution in [0.25, 0.3) is 0 Å². The summed E-state index contributed by atoms with van der Waals surface area (Å²) >= 11 is 0. The van der Waals surface area contributed by atoms with Crippen LogP contribution in [0.3, 0.4) is 0 Å². The summed E-state index contributed by atoms with van der Waals surface area (Å²) in [5, 5.41) is 2.61. The van der Waals surface area contributed by atoms with Crippen molar-refractivity contribution in [3.05, 3.63) is 70.3 Å². The maximum absolute atomic E-state index is 13.9. The quantitative estimate of drug-likeness (QED) is 0.855. The van der Waals surface area contributed by atoms with Gasteiger partial charge in [0, 0.05) is 28.3 Å². The molecule has 3 rings (SSSR count). The van der Waals surface area contributed by atoms with Gasteiger partial charge in [0.15, 0.2) is 0 Å². The zero-order valence-electron chi connectivity index (χ0n) is 10.2. The largest absolute Gasteiger partial charge is 0.341 e. The molecule has 1 aliphatic rings. The predicted molar refractivity (Wildman–Crippen MR) is 67.5 cm³/mol. The molecule has 1 unspecified atom stereocenters. The van der Waals surface area contributed by atoms with Crippen LogP contribution in [0.4, 0.5) is 8.78 Å². The summed E-state index contributed by atoms with van der Waals surface area (Å²) in [4.78, 5) is 23.0. The van der Waals surface area contributed by atoms with E-state index in [0.717, 1.165) is 12.1 Å². The number of rotatable bonds is 2. The van der Waals surface area contributed by atoms with Gasteiger partial charge in [0.2, 0.25) is 0 Å². The topological polar surface area (TPSA) is 46.2 Å². The lowest BCUT2D eigenvalue weighted by Crippen LogP contribution is -2.21. The smallest absolute Gasteiger partial charge is 0.252 e. The summed E-state index contributed by atoms with van der Waals surface area (Å²) in [6.45, 7) is 0. The molecule has 0 fully saturated rings. The summed E-state index contributed by atoms with van der Waals surface area (Å²) in [6, 6.07) is 7.08. The van der Waals surface area contributed by atoms with E-state index >= 15 is 0 Å². The van der Waals surface area contributed by atoms with Crippen molar-refractivity contribution in [3.63, 3.8) is 0 Å². The molecule has 1 atom stereocenters. The lowest BCUT2D eigenvalue weighted by Gasteiger charge is -2.14. The van der Waals surface area contributed by atoms with Crippen LogP contribution in [0.15, 0.2) is 36.4 Å². The van der Waals surface area contributed by atoms with Crippen molar-refractivity contribution in [1.29, 1.82) is 0 Å². The average molecular weight is 273 g/mol. The molecule has 0 aromatic heterocycles. The van der Waals surface area contributed by atoms with Gasteiger partial charge in [-0.25, -0.2) is 8.78 Å².